The molecule has 0 bridgehead atoms. The van der Waals surface area contributed by atoms with Crippen molar-refractivity contribution in [3.05, 3.63) is 35.2 Å². The zero-order chi connectivity index (χ0) is 13.7. The summed E-state index contributed by atoms with van der Waals surface area (Å²) >= 11 is 15.9. The molecule has 4 rings (SSSR count). The standard InChI is InChI=1S/C12H10S8/c1-5-6(2)16-9(15-5)10-19-11-12(20-10)18-8(17-11)7-13-3-4-14-7/h3-4H2,1-2H3. The molecule has 1 saturated heterocycles. The van der Waals surface area contributed by atoms with Gasteiger partial charge in [-0.05, 0) is 23.7 Å². The summed E-state index contributed by atoms with van der Waals surface area (Å²) in [5.74, 6) is 2.56. The van der Waals surface area contributed by atoms with Crippen LogP contribution in [0.2, 0.25) is 0 Å². The molecule has 4 aliphatic rings. The van der Waals surface area contributed by atoms with Crippen LogP contribution < -0.4 is 0 Å². The first-order valence-corrected chi connectivity index (χ1v) is 12.8. The summed E-state index contributed by atoms with van der Waals surface area (Å²) in [6.45, 7) is 4.46. The molecule has 0 atom stereocenters. The lowest BCUT2D eigenvalue weighted by molar-refractivity contribution is 1.57. The summed E-state index contributed by atoms with van der Waals surface area (Å²) in [6.07, 6.45) is 0. The van der Waals surface area contributed by atoms with Crippen LogP contribution in [0.4, 0.5) is 0 Å². The van der Waals surface area contributed by atoms with Crippen molar-refractivity contribution in [1.29, 1.82) is 0 Å². The van der Waals surface area contributed by atoms with Gasteiger partial charge in [-0.25, -0.2) is 0 Å². The second-order valence-corrected chi connectivity index (χ2v) is 14.4. The third kappa shape index (κ3) is 2.92. The highest BCUT2D eigenvalue weighted by Crippen LogP contribution is 2.71. The van der Waals surface area contributed by atoms with Crippen LogP contribution >= 0.6 is 94.1 Å². The van der Waals surface area contributed by atoms with Crippen LogP contribution in [0.3, 0.4) is 0 Å². The van der Waals surface area contributed by atoms with Gasteiger partial charge in [-0.1, -0.05) is 70.6 Å². The molecule has 0 unspecified atom stereocenters. The lowest BCUT2D eigenvalue weighted by atomic mass is 10.6. The Hall–Kier alpha value is 1.76. The molecule has 0 nitrogen and oxygen atoms in total. The monoisotopic (exact) mass is 410 g/mol. The molecule has 0 aliphatic carbocycles. The Morgan fingerprint density at radius 1 is 0.500 bits per heavy atom. The van der Waals surface area contributed by atoms with E-state index in [-0.39, 0.29) is 0 Å². The van der Waals surface area contributed by atoms with Crippen molar-refractivity contribution >= 4 is 94.1 Å². The van der Waals surface area contributed by atoms with Gasteiger partial charge in [0.2, 0.25) is 0 Å². The maximum Gasteiger partial charge on any atom is 0.0718 e. The van der Waals surface area contributed by atoms with Crippen LogP contribution in [0.25, 0.3) is 0 Å². The van der Waals surface area contributed by atoms with Crippen molar-refractivity contribution in [3.8, 4) is 0 Å². The highest BCUT2D eigenvalue weighted by atomic mass is 32.3. The van der Waals surface area contributed by atoms with Crippen molar-refractivity contribution in [2.75, 3.05) is 11.5 Å². The molecule has 0 saturated carbocycles. The quantitative estimate of drug-likeness (QED) is 0.396. The van der Waals surface area contributed by atoms with Crippen molar-refractivity contribution in [3.63, 3.8) is 0 Å². The fourth-order valence-corrected chi connectivity index (χ4v) is 13.8. The van der Waals surface area contributed by atoms with E-state index in [0.29, 0.717) is 0 Å². The fourth-order valence-electron chi connectivity index (χ4n) is 1.71. The number of thioether (sulfide) groups is 8. The van der Waals surface area contributed by atoms with Gasteiger partial charge in [0.15, 0.2) is 0 Å². The number of hydrogen-bond donors (Lipinski definition) is 0. The third-order valence-corrected chi connectivity index (χ3v) is 14.8. The van der Waals surface area contributed by atoms with Crippen LogP contribution in [0.5, 0.6) is 0 Å². The molecule has 0 N–H and O–H groups in total. The van der Waals surface area contributed by atoms with Gasteiger partial charge in [0, 0.05) is 11.5 Å². The topological polar surface area (TPSA) is 0 Å². The first-order chi connectivity index (χ1) is 9.70. The molecular formula is C12H10S8. The first kappa shape index (κ1) is 15.3. The molecular weight excluding hydrogens is 401 g/mol. The van der Waals surface area contributed by atoms with Crippen LogP contribution in [0.1, 0.15) is 13.8 Å². The van der Waals surface area contributed by atoms with Crippen molar-refractivity contribution in [2.45, 2.75) is 13.8 Å². The van der Waals surface area contributed by atoms with E-state index in [1.165, 1.54) is 42.5 Å². The van der Waals surface area contributed by atoms with Crippen LogP contribution in [0, 0.1) is 0 Å². The normalized spacial score (nSPS) is 26.7. The minimum atomic E-state index is 1.28. The molecule has 8 heteroatoms. The number of rotatable bonds is 0. The van der Waals surface area contributed by atoms with Gasteiger partial charge >= 0.3 is 0 Å². The minimum Gasteiger partial charge on any atom is -0.117 e. The average Bonchev–Trinajstić information content (AvgIpc) is 3.12. The van der Waals surface area contributed by atoms with E-state index in [0.717, 1.165) is 0 Å². The summed E-state index contributed by atoms with van der Waals surface area (Å²) in [6, 6.07) is 0. The largest absolute Gasteiger partial charge is 0.117 e. The Kier molecular flexibility index (Phi) is 4.85. The number of hydrogen-bond acceptors (Lipinski definition) is 8. The maximum absolute atomic E-state index is 2.23. The molecule has 0 aromatic heterocycles. The van der Waals surface area contributed by atoms with E-state index in [1.54, 1.807) is 4.24 Å². The van der Waals surface area contributed by atoms with E-state index in [1.807, 2.05) is 94.1 Å². The second kappa shape index (κ2) is 6.34. The molecule has 4 aliphatic heterocycles. The predicted octanol–water partition coefficient (Wildman–Crippen LogP) is 7.54. The third-order valence-electron chi connectivity index (χ3n) is 2.78. The molecule has 106 valence electrons. The van der Waals surface area contributed by atoms with E-state index >= 15 is 0 Å². The second-order valence-electron chi connectivity index (χ2n) is 4.15. The Balaban J connectivity index is 1.49. The Bertz CT molecular complexity index is 563. The molecule has 20 heavy (non-hydrogen) atoms. The maximum atomic E-state index is 2.23. The Labute approximate surface area is 153 Å². The number of allylic oxidation sites excluding steroid dienone is 2. The van der Waals surface area contributed by atoms with Gasteiger partial charge in [-0.15, -0.1) is 23.5 Å². The van der Waals surface area contributed by atoms with Gasteiger partial charge in [0.25, 0.3) is 0 Å². The van der Waals surface area contributed by atoms with E-state index in [2.05, 4.69) is 13.8 Å². The predicted molar refractivity (Wildman–Crippen MR) is 110 cm³/mol. The van der Waals surface area contributed by atoms with Crippen LogP contribution in [0.15, 0.2) is 35.2 Å². The van der Waals surface area contributed by atoms with Gasteiger partial charge in [-0.2, -0.15) is 0 Å². The summed E-state index contributed by atoms with van der Waals surface area (Å²) in [4.78, 5) is 2.93. The van der Waals surface area contributed by atoms with Gasteiger partial charge < -0.3 is 0 Å². The molecule has 4 heterocycles. The molecule has 0 spiro atoms. The van der Waals surface area contributed by atoms with Gasteiger partial charge in [-0.3, -0.25) is 0 Å². The zero-order valence-electron chi connectivity index (χ0n) is 10.7. The van der Waals surface area contributed by atoms with Crippen LogP contribution in [-0.4, -0.2) is 11.5 Å². The molecule has 0 aromatic carbocycles. The summed E-state index contributed by atoms with van der Waals surface area (Å²) in [5.41, 5.74) is 0. The Morgan fingerprint density at radius 2 is 0.850 bits per heavy atom. The zero-order valence-corrected chi connectivity index (χ0v) is 17.2. The summed E-state index contributed by atoms with van der Waals surface area (Å²) in [7, 11) is 0. The summed E-state index contributed by atoms with van der Waals surface area (Å²) < 4.78 is 9.11. The van der Waals surface area contributed by atoms with E-state index in [9.17, 15) is 0 Å². The lowest BCUT2D eigenvalue weighted by Gasteiger charge is -2.06. The first-order valence-electron chi connectivity index (χ1n) is 5.94. The van der Waals surface area contributed by atoms with Crippen molar-refractivity contribution in [2.24, 2.45) is 0 Å². The fraction of sp³-hybridized carbons (Fsp3) is 0.333. The molecule has 0 amide bonds. The molecule has 0 aromatic rings. The summed E-state index contributed by atoms with van der Waals surface area (Å²) in [5, 5.41) is 0. The smallest absolute Gasteiger partial charge is 0.0718 e. The van der Waals surface area contributed by atoms with E-state index < -0.39 is 0 Å². The van der Waals surface area contributed by atoms with Gasteiger partial charge in [0.1, 0.15) is 0 Å². The lowest BCUT2D eigenvalue weighted by Crippen LogP contribution is -1.71. The highest BCUT2D eigenvalue weighted by Gasteiger charge is 2.35. The average molecular weight is 411 g/mol. The van der Waals surface area contributed by atoms with E-state index in [4.69, 9.17) is 0 Å². The molecule has 1 fully saturated rings. The minimum absolute atomic E-state index is 1.28. The van der Waals surface area contributed by atoms with Crippen molar-refractivity contribution < 1.29 is 0 Å². The van der Waals surface area contributed by atoms with Crippen molar-refractivity contribution in [1.82, 2.24) is 0 Å². The SMILES string of the molecule is CC1=C(C)SC(=C2SC3=C(SC(=C4SCCS4)S3)S2)S1. The van der Waals surface area contributed by atoms with Crippen LogP contribution in [-0.2, 0) is 0 Å². The van der Waals surface area contributed by atoms with Gasteiger partial charge in [0.05, 0.1) is 25.4 Å². The molecule has 0 radical (unpaired) electrons. The Morgan fingerprint density at radius 3 is 1.30 bits per heavy atom. The highest BCUT2D eigenvalue weighted by molar-refractivity contribution is 8.49.